The van der Waals surface area contributed by atoms with E-state index < -0.39 is 18.1 Å². The van der Waals surface area contributed by atoms with Gasteiger partial charge in [0.05, 0.1) is 6.54 Å². The lowest BCUT2D eigenvalue weighted by atomic mass is 9.93. The average molecular weight is 365 g/mol. The smallest absolute Gasteiger partial charge is 0.411 e. The molecule has 5 heteroatoms. The monoisotopic (exact) mass is 365 g/mol. The molecule has 1 atom stereocenters. The van der Waals surface area contributed by atoms with Gasteiger partial charge in [-0.1, -0.05) is 53.9 Å². The van der Waals surface area contributed by atoms with Crippen LogP contribution < -0.4 is 0 Å². The number of nitrogens with zero attached hydrogens (tertiary/aromatic N) is 1. The summed E-state index contributed by atoms with van der Waals surface area (Å²) in [7, 11) is 0. The van der Waals surface area contributed by atoms with Crippen LogP contribution in [0, 0.1) is 33.1 Å². The molecule has 0 aromatic heterocycles. The zero-order valence-corrected chi connectivity index (χ0v) is 15.7. The molecule has 1 unspecified atom stereocenters. The van der Waals surface area contributed by atoms with Gasteiger partial charge in [-0.2, -0.15) is 0 Å². The van der Waals surface area contributed by atoms with Crippen LogP contribution in [0.3, 0.4) is 0 Å². The molecule has 140 valence electrons. The highest BCUT2D eigenvalue weighted by Crippen LogP contribution is 2.29. The minimum absolute atomic E-state index is 0.0406. The minimum atomic E-state index is -1.22. The molecular formula is C22H23NO4. The van der Waals surface area contributed by atoms with Gasteiger partial charge in [0.1, 0.15) is 6.61 Å². The molecule has 0 bridgehead atoms. The molecule has 0 radical (unpaired) electrons. The SMILES string of the molecule is C#CCN(C(=O)OCc1ccccc1)C(C(=O)O)c1c(C)cc(C)cc1C. The van der Waals surface area contributed by atoms with E-state index in [1.807, 2.05) is 63.2 Å². The molecule has 0 aliphatic rings. The number of aliphatic carboxylic acids is 1. The second-order valence-electron chi connectivity index (χ2n) is 6.43. The van der Waals surface area contributed by atoms with Gasteiger partial charge < -0.3 is 9.84 Å². The lowest BCUT2D eigenvalue weighted by Gasteiger charge is -2.29. The summed E-state index contributed by atoms with van der Waals surface area (Å²) >= 11 is 0. The van der Waals surface area contributed by atoms with Crippen LogP contribution in [-0.4, -0.2) is 28.6 Å². The Morgan fingerprint density at radius 2 is 1.74 bits per heavy atom. The molecule has 2 aromatic carbocycles. The first-order valence-corrected chi connectivity index (χ1v) is 8.56. The molecule has 27 heavy (non-hydrogen) atoms. The first-order valence-electron chi connectivity index (χ1n) is 8.56. The van der Waals surface area contributed by atoms with E-state index in [1.54, 1.807) is 0 Å². The van der Waals surface area contributed by atoms with Crippen LogP contribution in [0.25, 0.3) is 0 Å². The number of rotatable bonds is 6. The van der Waals surface area contributed by atoms with Crippen molar-refractivity contribution in [3.05, 3.63) is 70.3 Å². The van der Waals surface area contributed by atoms with Gasteiger partial charge in [-0.25, -0.2) is 9.59 Å². The van der Waals surface area contributed by atoms with E-state index in [-0.39, 0.29) is 13.2 Å². The van der Waals surface area contributed by atoms with E-state index in [0.29, 0.717) is 5.56 Å². The maximum Gasteiger partial charge on any atom is 0.411 e. The molecule has 0 spiro atoms. The number of hydrogen-bond acceptors (Lipinski definition) is 3. The number of ether oxygens (including phenoxy) is 1. The van der Waals surface area contributed by atoms with E-state index >= 15 is 0 Å². The van der Waals surface area contributed by atoms with Crippen molar-refractivity contribution < 1.29 is 19.4 Å². The first kappa shape index (κ1) is 20.1. The second kappa shape index (κ2) is 8.91. The average Bonchev–Trinajstić information content (AvgIpc) is 2.61. The molecule has 1 N–H and O–H groups in total. The summed E-state index contributed by atoms with van der Waals surface area (Å²) in [6.07, 6.45) is 4.64. The Morgan fingerprint density at radius 1 is 1.15 bits per heavy atom. The van der Waals surface area contributed by atoms with Crippen molar-refractivity contribution in [3.8, 4) is 12.3 Å². The van der Waals surface area contributed by atoms with Gasteiger partial charge in [0.2, 0.25) is 0 Å². The van der Waals surface area contributed by atoms with Crippen molar-refractivity contribution in [1.29, 1.82) is 0 Å². The Bertz CT molecular complexity index is 845. The summed E-state index contributed by atoms with van der Waals surface area (Å²) < 4.78 is 5.33. The maximum absolute atomic E-state index is 12.7. The number of terminal acetylenes is 1. The van der Waals surface area contributed by atoms with Crippen molar-refractivity contribution in [1.82, 2.24) is 4.90 Å². The number of aryl methyl sites for hydroxylation is 3. The molecule has 0 aliphatic carbocycles. The van der Waals surface area contributed by atoms with Crippen molar-refractivity contribution in [2.45, 2.75) is 33.4 Å². The van der Waals surface area contributed by atoms with Gasteiger partial charge in [-0.05, 0) is 43.0 Å². The highest BCUT2D eigenvalue weighted by atomic mass is 16.6. The van der Waals surface area contributed by atoms with Gasteiger partial charge >= 0.3 is 12.1 Å². The van der Waals surface area contributed by atoms with Crippen LogP contribution in [-0.2, 0) is 16.1 Å². The quantitative estimate of drug-likeness (QED) is 0.786. The molecule has 1 amide bonds. The van der Waals surface area contributed by atoms with E-state index in [4.69, 9.17) is 11.2 Å². The standard InChI is InChI=1S/C22H23NO4/c1-5-11-23(22(26)27-14-18-9-7-6-8-10-18)20(21(24)25)19-16(3)12-15(2)13-17(19)4/h1,6-10,12-13,20H,11,14H2,2-4H3,(H,24,25). The maximum atomic E-state index is 12.7. The topological polar surface area (TPSA) is 66.8 Å². The lowest BCUT2D eigenvalue weighted by Crippen LogP contribution is -2.40. The number of amides is 1. The fourth-order valence-corrected chi connectivity index (χ4v) is 3.20. The summed E-state index contributed by atoms with van der Waals surface area (Å²) in [6.45, 7) is 5.46. The third-order valence-electron chi connectivity index (χ3n) is 4.26. The number of carbonyl (C=O) groups is 2. The van der Waals surface area contributed by atoms with Crippen LogP contribution in [0.15, 0.2) is 42.5 Å². The number of carboxylic acid groups (broad SMARTS) is 1. The van der Waals surface area contributed by atoms with Gasteiger partial charge in [-0.15, -0.1) is 6.42 Å². The Morgan fingerprint density at radius 3 is 2.26 bits per heavy atom. The Labute approximate surface area is 159 Å². The van der Waals surface area contributed by atoms with Crippen LogP contribution in [0.1, 0.15) is 33.9 Å². The molecule has 0 aliphatic heterocycles. The van der Waals surface area contributed by atoms with Gasteiger partial charge in [-0.3, -0.25) is 4.90 Å². The predicted octanol–water partition coefficient (Wildman–Crippen LogP) is 4.01. The molecule has 0 saturated heterocycles. The van der Waals surface area contributed by atoms with E-state index in [1.165, 1.54) is 0 Å². The van der Waals surface area contributed by atoms with Crippen molar-refractivity contribution in [3.63, 3.8) is 0 Å². The third-order valence-corrected chi connectivity index (χ3v) is 4.26. The number of hydrogen-bond donors (Lipinski definition) is 1. The second-order valence-corrected chi connectivity index (χ2v) is 6.43. The van der Waals surface area contributed by atoms with E-state index in [2.05, 4.69) is 5.92 Å². The number of benzene rings is 2. The van der Waals surface area contributed by atoms with Crippen molar-refractivity contribution in [2.75, 3.05) is 6.54 Å². The van der Waals surface area contributed by atoms with Gasteiger partial charge in [0.25, 0.3) is 0 Å². The van der Waals surface area contributed by atoms with Crippen LogP contribution in [0.4, 0.5) is 4.79 Å². The van der Waals surface area contributed by atoms with Crippen LogP contribution in [0.2, 0.25) is 0 Å². The summed E-state index contributed by atoms with van der Waals surface area (Å²) in [6, 6.07) is 11.7. The minimum Gasteiger partial charge on any atom is -0.479 e. The third kappa shape index (κ3) is 4.89. The van der Waals surface area contributed by atoms with Gasteiger partial charge in [0.15, 0.2) is 6.04 Å². The molecule has 2 aromatic rings. The largest absolute Gasteiger partial charge is 0.479 e. The van der Waals surface area contributed by atoms with E-state index in [9.17, 15) is 14.7 Å². The summed E-state index contributed by atoms with van der Waals surface area (Å²) in [5.74, 6) is 1.21. The Hall–Kier alpha value is -3.26. The van der Waals surface area contributed by atoms with Crippen molar-refractivity contribution >= 4 is 12.1 Å². The molecule has 2 rings (SSSR count). The van der Waals surface area contributed by atoms with E-state index in [0.717, 1.165) is 27.2 Å². The van der Waals surface area contributed by atoms with Crippen LogP contribution in [0.5, 0.6) is 0 Å². The fourth-order valence-electron chi connectivity index (χ4n) is 3.20. The zero-order valence-electron chi connectivity index (χ0n) is 15.7. The summed E-state index contributed by atoms with van der Waals surface area (Å²) in [5.41, 5.74) is 3.96. The first-order chi connectivity index (χ1) is 12.8. The Balaban J connectivity index is 2.34. The van der Waals surface area contributed by atoms with Crippen molar-refractivity contribution in [2.24, 2.45) is 0 Å². The zero-order chi connectivity index (χ0) is 20.0. The normalized spacial score (nSPS) is 11.3. The lowest BCUT2D eigenvalue weighted by molar-refractivity contribution is -0.142. The fraction of sp³-hybridized carbons (Fsp3) is 0.273. The molecule has 5 nitrogen and oxygen atoms in total. The van der Waals surface area contributed by atoms with Crippen LogP contribution >= 0.6 is 0 Å². The number of carbonyl (C=O) groups excluding carboxylic acids is 1. The molecule has 0 saturated carbocycles. The summed E-state index contributed by atoms with van der Waals surface area (Å²) in [4.78, 5) is 25.8. The van der Waals surface area contributed by atoms with Gasteiger partial charge in [0, 0.05) is 0 Å². The highest BCUT2D eigenvalue weighted by molar-refractivity contribution is 5.82. The predicted molar refractivity (Wildman–Crippen MR) is 103 cm³/mol. The molecule has 0 heterocycles. The highest BCUT2D eigenvalue weighted by Gasteiger charge is 2.34. The molecular weight excluding hydrogens is 342 g/mol. The molecule has 0 fully saturated rings. The Kier molecular flexibility index (Phi) is 6.62. The summed E-state index contributed by atoms with van der Waals surface area (Å²) in [5, 5.41) is 9.86. The number of carboxylic acids is 1.